The van der Waals surface area contributed by atoms with Crippen LogP contribution in [0.25, 0.3) is 0 Å². The number of carbonyl (C=O) groups excluding carboxylic acids is 3. The summed E-state index contributed by atoms with van der Waals surface area (Å²) in [5.74, 6) is -1.06. The van der Waals surface area contributed by atoms with Gasteiger partial charge in [0, 0.05) is 12.5 Å². The molecule has 6 nitrogen and oxygen atoms in total. The van der Waals surface area contributed by atoms with Crippen LogP contribution in [-0.2, 0) is 14.4 Å². The lowest BCUT2D eigenvalue weighted by atomic mass is 9.87. The van der Waals surface area contributed by atoms with Crippen LogP contribution in [0.3, 0.4) is 0 Å². The highest BCUT2D eigenvalue weighted by atomic mass is 16.2. The number of nitrogens with zero attached hydrogens (tertiary/aromatic N) is 1. The number of amides is 3. The van der Waals surface area contributed by atoms with Crippen LogP contribution in [0.5, 0.6) is 0 Å². The van der Waals surface area contributed by atoms with Crippen molar-refractivity contribution >= 4 is 17.7 Å². The monoisotopic (exact) mass is 283 g/mol. The van der Waals surface area contributed by atoms with Crippen molar-refractivity contribution in [3.05, 3.63) is 0 Å². The van der Waals surface area contributed by atoms with Crippen LogP contribution in [0.2, 0.25) is 0 Å². The summed E-state index contributed by atoms with van der Waals surface area (Å²) in [6.07, 6.45) is 1.36. The third-order valence-electron chi connectivity index (χ3n) is 3.27. The number of hydrogen-bond donors (Lipinski definition) is 2. The predicted octanol–water partition coefficient (Wildman–Crippen LogP) is 0.404. The van der Waals surface area contributed by atoms with Gasteiger partial charge in [-0.15, -0.1) is 0 Å². The summed E-state index contributed by atoms with van der Waals surface area (Å²) in [5.41, 5.74) is 6.03. The number of piperazine rings is 1. The fraction of sp³-hybridized carbons (Fsp3) is 0.786. The Bertz CT molecular complexity index is 401. The molecule has 1 fully saturated rings. The van der Waals surface area contributed by atoms with Crippen molar-refractivity contribution in [2.75, 3.05) is 6.54 Å². The lowest BCUT2D eigenvalue weighted by molar-refractivity contribution is -0.150. The third-order valence-corrected chi connectivity index (χ3v) is 3.27. The zero-order valence-electron chi connectivity index (χ0n) is 12.7. The molecule has 20 heavy (non-hydrogen) atoms. The highest BCUT2D eigenvalue weighted by molar-refractivity contribution is 6.04. The Morgan fingerprint density at radius 1 is 1.45 bits per heavy atom. The molecule has 2 atom stereocenters. The Balaban J connectivity index is 2.69. The van der Waals surface area contributed by atoms with Gasteiger partial charge in [-0.05, 0) is 18.3 Å². The highest BCUT2D eigenvalue weighted by Crippen LogP contribution is 2.22. The molecular formula is C14H25N3O3. The van der Waals surface area contributed by atoms with E-state index in [1.54, 1.807) is 0 Å². The van der Waals surface area contributed by atoms with Crippen molar-refractivity contribution < 1.29 is 14.4 Å². The van der Waals surface area contributed by atoms with Crippen LogP contribution in [0.1, 0.15) is 47.0 Å². The summed E-state index contributed by atoms with van der Waals surface area (Å²) >= 11 is 0. The van der Waals surface area contributed by atoms with E-state index in [-0.39, 0.29) is 30.3 Å². The maximum atomic E-state index is 12.3. The molecule has 114 valence electrons. The van der Waals surface area contributed by atoms with E-state index in [0.29, 0.717) is 12.8 Å². The van der Waals surface area contributed by atoms with E-state index >= 15 is 0 Å². The second kappa shape index (κ2) is 6.35. The van der Waals surface area contributed by atoms with Crippen molar-refractivity contribution in [2.24, 2.45) is 11.1 Å². The molecular weight excluding hydrogens is 258 g/mol. The largest absolute Gasteiger partial charge is 0.327 e. The molecule has 0 radical (unpaired) electrons. The molecule has 0 aromatic carbocycles. The van der Waals surface area contributed by atoms with E-state index in [9.17, 15) is 14.4 Å². The van der Waals surface area contributed by atoms with E-state index in [2.05, 4.69) is 26.1 Å². The van der Waals surface area contributed by atoms with Crippen LogP contribution >= 0.6 is 0 Å². The second-order valence-corrected chi connectivity index (χ2v) is 6.59. The minimum absolute atomic E-state index is 0.0406. The number of nitrogens with one attached hydrogen (secondary N) is 1. The van der Waals surface area contributed by atoms with Gasteiger partial charge in [0.05, 0.1) is 0 Å². The van der Waals surface area contributed by atoms with E-state index in [4.69, 9.17) is 5.73 Å². The number of nitrogens with two attached hydrogens (primary N) is 1. The van der Waals surface area contributed by atoms with Crippen LogP contribution in [0, 0.1) is 5.41 Å². The van der Waals surface area contributed by atoms with Crippen molar-refractivity contribution in [2.45, 2.75) is 59.0 Å². The first kappa shape index (κ1) is 16.6. The van der Waals surface area contributed by atoms with Gasteiger partial charge in [-0.25, -0.2) is 0 Å². The van der Waals surface area contributed by atoms with Gasteiger partial charge in [-0.1, -0.05) is 27.7 Å². The van der Waals surface area contributed by atoms with Gasteiger partial charge in [0.1, 0.15) is 12.6 Å². The minimum atomic E-state index is -0.568. The Kier molecular flexibility index (Phi) is 5.28. The zero-order valence-corrected chi connectivity index (χ0v) is 12.7. The van der Waals surface area contributed by atoms with Gasteiger partial charge in [-0.3, -0.25) is 19.7 Å². The molecule has 1 heterocycles. The predicted molar refractivity (Wildman–Crippen MR) is 75.6 cm³/mol. The Labute approximate surface area is 120 Å². The molecule has 1 aliphatic rings. The van der Waals surface area contributed by atoms with E-state index in [1.807, 2.05) is 6.92 Å². The zero-order chi connectivity index (χ0) is 15.5. The van der Waals surface area contributed by atoms with Gasteiger partial charge >= 0.3 is 0 Å². The summed E-state index contributed by atoms with van der Waals surface area (Å²) in [6.45, 7) is 7.93. The van der Waals surface area contributed by atoms with Crippen molar-refractivity contribution in [1.29, 1.82) is 0 Å². The number of rotatable bonds is 4. The molecule has 0 bridgehead atoms. The quantitative estimate of drug-likeness (QED) is 0.731. The molecule has 0 spiro atoms. The van der Waals surface area contributed by atoms with Crippen molar-refractivity contribution in [3.8, 4) is 0 Å². The maximum Gasteiger partial charge on any atom is 0.249 e. The van der Waals surface area contributed by atoms with Crippen molar-refractivity contribution in [1.82, 2.24) is 10.2 Å². The summed E-state index contributed by atoms with van der Waals surface area (Å²) in [4.78, 5) is 36.7. The molecule has 0 saturated carbocycles. The number of imide groups is 1. The van der Waals surface area contributed by atoms with Crippen LogP contribution in [0.15, 0.2) is 0 Å². The number of hydrogen-bond acceptors (Lipinski definition) is 4. The van der Waals surface area contributed by atoms with Gasteiger partial charge < -0.3 is 10.6 Å². The summed E-state index contributed by atoms with van der Waals surface area (Å²) in [7, 11) is 0. The minimum Gasteiger partial charge on any atom is -0.327 e. The maximum absolute atomic E-state index is 12.3. The van der Waals surface area contributed by atoms with E-state index in [1.165, 1.54) is 4.90 Å². The third kappa shape index (κ3) is 4.59. The van der Waals surface area contributed by atoms with E-state index in [0.717, 1.165) is 0 Å². The molecule has 6 heteroatoms. The molecule has 0 aromatic rings. The Hall–Kier alpha value is -1.43. The van der Waals surface area contributed by atoms with Crippen LogP contribution in [-0.4, -0.2) is 41.2 Å². The first-order valence-electron chi connectivity index (χ1n) is 7.02. The van der Waals surface area contributed by atoms with Gasteiger partial charge in [0.15, 0.2) is 0 Å². The SMILES string of the molecule is CCC1C(=O)NC(=O)CN1C(=O)CC(N)CC(C)(C)C. The fourth-order valence-corrected chi connectivity index (χ4v) is 2.53. The van der Waals surface area contributed by atoms with Gasteiger partial charge in [0.2, 0.25) is 17.7 Å². The normalized spacial score (nSPS) is 21.6. The summed E-state index contributed by atoms with van der Waals surface area (Å²) < 4.78 is 0. The number of carbonyl (C=O) groups is 3. The molecule has 3 amide bonds. The van der Waals surface area contributed by atoms with Gasteiger partial charge in [0.25, 0.3) is 0 Å². The van der Waals surface area contributed by atoms with Crippen LogP contribution < -0.4 is 11.1 Å². The first-order chi connectivity index (χ1) is 9.14. The van der Waals surface area contributed by atoms with Gasteiger partial charge in [-0.2, -0.15) is 0 Å². The topological polar surface area (TPSA) is 92.5 Å². The molecule has 3 N–H and O–H groups in total. The lowest BCUT2D eigenvalue weighted by Crippen LogP contribution is -2.60. The average molecular weight is 283 g/mol. The second-order valence-electron chi connectivity index (χ2n) is 6.59. The molecule has 0 aliphatic carbocycles. The average Bonchev–Trinajstić information content (AvgIpc) is 2.24. The summed E-state index contributed by atoms with van der Waals surface area (Å²) in [6, 6.07) is -0.831. The Morgan fingerprint density at radius 3 is 2.55 bits per heavy atom. The molecule has 0 aromatic heterocycles. The van der Waals surface area contributed by atoms with E-state index < -0.39 is 17.9 Å². The standard InChI is InChI=1S/C14H25N3O3/c1-5-10-13(20)16-11(18)8-17(10)12(19)6-9(15)7-14(2,3)4/h9-10H,5-8,15H2,1-4H3,(H,16,18,20). The summed E-state index contributed by atoms with van der Waals surface area (Å²) in [5, 5.41) is 2.25. The lowest BCUT2D eigenvalue weighted by Gasteiger charge is -2.34. The Morgan fingerprint density at radius 2 is 2.05 bits per heavy atom. The smallest absolute Gasteiger partial charge is 0.249 e. The molecule has 1 rings (SSSR count). The molecule has 1 saturated heterocycles. The molecule has 1 aliphatic heterocycles. The fourth-order valence-electron chi connectivity index (χ4n) is 2.53. The van der Waals surface area contributed by atoms with Crippen LogP contribution in [0.4, 0.5) is 0 Å². The van der Waals surface area contributed by atoms with Crippen molar-refractivity contribution in [3.63, 3.8) is 0 Å². The molecule has 2 unspecified atom stereocenters. The first-order valence-corrected chi connectivity index (χ1v) is 7.02. The highest BCUT2D eigenvalue weighted by Gasteiger charge is 2.35.